The van der Waals surface area contributed by atoms with E-state index in [2.05, 4.69) is 24.5 Å². The van der Waals surface area contributed by atoms with Gasteiger partial charge in [0.15, 0.2) is 0 Å². The number of amides is 1. The van der Waals surface area contributed by atoms with E-state index in [0.29, 0.717) is 13.0 Å². The lowest BCUT2D eigenvalue weighted by Gasteiger charge is -2.34. The van der Waals surface area contributed by atoms with Gasteiger partial charge in [0.25, 0.3) is 0 Å². The van der Waals surface area contributed by atoms with E-state index < -0.39 is 0 Å². The molecule has 1 saturated heterocycles. The molecule has 4 nitrogen and oxygen atoms in total. The van der Waals surface area contributed by atoms with E-state index in [1.807, 2.05) is 6.92 Å². The molecular formula is C13H26N2O2. The second kappa shape index (κ2) is 5.83. The van der Waals surface area contributed by atoms with Crippen LogP contribution in [0, 0.1) is 10.8 Å². The Morgan fingerprint density at radius 1 is 1.53 bits per heavy atom. The SMILES string of the molecule is CC(C)(CCO)CNC(=O)C1(C)CCCNC1. The third-order valence-corrected chi connectivity index (χ3v) is 3.66. The number of aliphatic hydroxyl groups excluding tert-OH is 1. The molecule has 0 aromatic carbocycles. The van der Waals surface area contributed by atoms with Crippen LogP contribution in [0.25, 0.3) is 0 Å². The summed E-state index contributed by atoms with van der Waals surface area (Å²) >= 11 is 0. The molecule has 0 radical (unpaired) electrons. The van der Waals surface area contributed by atoms with Crippen LogP contribution in [0.4, 0.5) is 0 Å². The average Bonchev–Trinajstić information content (AvgIpc) is 2.27. The highest BCUT2D eigenvalue weighted by Gasteiger charge is 2.35. The Morgan fingerprint density at radius 2 is 2.24 bits per heavy atom. The summed E-state index contributed by atoms with van der Waals surface area (Å²) in [5.41, 5.74) is -0.309. The lowest BCUT2D eigenvalue weighted by molar-refractivity contribution is -0.131. The Morgan fingerprint density at radius 3 is 2.76 bits per heavy atom. The van der Waals surface area contributed by atoms with Crippen LogP contribution in [0.1, 0.15) is 40.0 Å². The Kier molecular flexibility index (Phi) is 4.95. The zero-order chi connectivity index (χ0) is 12.9. The molecule has 1 aliphatic rings. The smallest absolute Gasteiger partial charge is 0.227 e. The molecule has 17 heavy (non-hydrogen) atoms. The summed E-state index contributed by atoms with van der Waals surface area (Å²) in [6, 6.07) is 0. The van der Waals surface area contributed by atoms with E-state index in [0.717, 1.165) is 25.9 Å². The second-order valence-corrected chi connectivity index (χ2v) is 6.16. The topological polar surface area (TPSA) is 61.4 Å². The summed E-state index contributed by atoms with van der Waals surface area (Å²) in [6.45, 7) is 8.71. The van der Waals surface area contributed by atoms with E-state index in [-0.39, 0.29) is 23.3 Å². The fraction of sp³-hybridized carbons (Fsp3) is 0.923. The van der Waals surface area contributed by atoms with E-state index in [4.69, 9.17) is 5.11 Å². The lowest BCUT2D eigenvalue weighted by atomic mass is 9.81. The van der Waals surface area contributed by atoms with Gasteiger partial charge in [0, 0.05) is 19.7 Å². The van der Waals surface area contributed by atoms with Crippen molar-refractivity contribution < 1.29 is 9.90 Å². The van der Waals surface area contributed by atoms with Gasteiger partial charge in [0.05, 0.1) is 5.41 Å². The molecule has 4 heteroatoms. The van der Waals surface area contributed by atoms with Gasteiger partial charge in [-0.25, -0.2) is 0 Å². The highest BCUT2D eigenvalue weighted by atomic mass is 16.3. The van der Waals surface area contributed by atoms with Crippen molar-refractivity contribution in [1.82, 2.24) is 10.6 Å². The zero-order valence-electron chi connectivity index (χ0n) is 11.3. The third-order valence-electron chi connectivity index (χ3n) is 3.66. The minimum absolute atomic E-state index is 0.0388. The molecule has 0 aliphatic carbocycles. The molecule has 0 aromatic heterocycles. The number of nitrogens with one attached hydrogen (secondary N) is 2. The van der Waals surface area contributed by atoms with Crippen LogP contribution in [-0.2, 0) is 4.79 Å². The summed E-state index contributed by atoms with van der Waals surface area (Å²) < 4.78 is 0. The number of carbonyl (C=O) groups excluding carboxylic acids is 1. The van der Waals surface area contributed by atoms with Crippen LogP contribution < -0.4 is 10.6 Å². The summed E-state index contributed by atoms with van der Waals surface area (Å²) in [7, 11) is 0. The van der Waals surface area contributed by atoms with Crippen LogP contribution in [0.5, 0.6) is 0 Å². The van der Waals surface area contributed by atoms with Gasteiger partial charge in [-0.1, -0.05) is 13.8 Å². The van der Waals surface area contributed by atoms with Crippen molar-refractivity contribution >= 4 is 5.91 Å². The van der Waals surface area contributed by atoms with Gasteiger partial charge in [0.2, 0.25) is 5.91 Å². The molecule has 0 spiro atoms. The van der Waals surface area contributed by atoms with Crippen molar-refractivity contribution in [2.24, 2.45) is 10.8 Å². The first-order valence-electron chi connectivity index (χ1n) is 6.50. The molecule has 1 aliphatic heterocycles. The summed E-state index contributed by atoms with van der Waals surface area (Å²) in [6.07, 6.45) is 2.72. The molecule has 3 N–H and O–H groups in total. The molecule has 0 aromatic rings. The molecule has 1 fully saturated rings. The van der Waals surface area contributed by atoms with Crippen molar-refractivity contribution in [2.45, 2.75) is 40.0 Å². The van der Waals surface area contributed by atoms with Crippen molar-refractivity contribution in [3.05, 3.63) is 0 Å². The maximum Gasteiger partial charge on any atom is 0.227 e. The molecular weight excluding hydrogens is 216 g/mol. The van der Waals surface area contributed by atoms with Crippen molar-refractivity contribution in [3.63, 3.8) is 0 Å². The number of carbonyl (C=O) groups is 1. The van der Waals surface area contributed by atoms with E-state index >= 15 is 0 Å². The fourth-order valence-electron chi connectivity index (χ4n) is 2.17. The van der Waals surface area contributed by atoms with Gasteiger partial charge in [-0.15, -0.1) is 0 Å². The van der Waals surface area contributed by atoms with E-state index in [1.54, 1.807) is 0 Å². The molecule has 1 amide bonds. The fourth-order valence-corrected chi connectivity index (χ4v) is 2.17. The van der Waals surface area contributed by atoms with E-state index in [1.165, 1.54) is 0 Å². The maximum absolute atomic E-state index is 12.2. The predicted octanol–water partition coefficient (Wildman–Crippen LogP) is 0.901. The van der Waals surface area contributed by atoms with Crippen LogP contribution >= 0.6 is 0 Å². The second-order valence-electron chi connectivity index (χ2n) is 6.16. The first kappa shape index (κ1) is 14.5. The van der Waals surface area contributed by atoms with Crippen LogP contribution in [0.3, 0.4) is 0 Å². The van der Waals surface area contributed by atoms with Gasteiger partial charge in [-0.3, -0.25) is 4.79 Å². The highest BCUT2D eigenvalue weighted by molar-refractivity contribution is 5.82. The highest BCUT2D eigenvalue weighted by Crippen LogP contribution is 2.26. The van der Waals surface area contributed by atoms with Crippen molar-refractivity contribution in [3.8, 4) is 0 Å². The minimum Gasteiger partial charge on any atom is -0.396 e. The molecule has 1 rings (SSSR count). The first-order chi connectivity index (χ1) is 7.90. The first-order valence-corrected chi connectivity index (χ1v) is 6.50. The number of hydrogen-bond donors (Lipinski definition) is 3. The van der Waals surface area contributed by atoms with Crippen LogP contribution in [0.2, 0.25) is 0 Å². The monoisotopic (exact) mass is 242 g/mol. The predicted molar refractivity (Wildman–Crippen MR) is 68.7 cm³/mol. The zero-order valence-corrected chi connectivity index (χ0v) is 11.3. The van der Waals surface area contributed by atoms with Gasteiger partial charge in [-0.05, 0) is 38.1 Å². The Labute approximate surface area is 104 Å². The Hall–Kier alpha value is -0.610. The van der Waals surface area contributed by atoms with Crippen LogP contribution in [-0.4, -0.2) is 37.3 Å². The van der Waals surface area contributed by atoms with Gasteiger partial charge in [-0.2, -0.15) is 0 Å². The third kappa shape index (κ3) is 4.28. The van der Waals surface area contributed by atoms with E-state index in [9.17, 15) is 4.79 Å². The Balaban J connectivity index is 2.43. The number of piperidine rings is 1. The van der Waals surface area contributed by atoms with Gasteiger partial charge >= 0.3 is 0 Å². The molecule has 100 valence electrons. The number of hydrogen-bond acceptors (Lipinski definition) is 3. The number of aliphatic hydroxyl groups is 1. The molecule has 1 unspecified atom stereocenters. The Bertz CT molecular complexity index is 258. The standard InChI is InChI=1S/C13H26N2O2/c1-12(2,6-8-16)9-15-11(17)13(3)5-4-7-14-10-13/h14,16H,4-10H2,1-3H3,(H,15,17). The van der Waals surface area contributed by atoms with Crippen LogP contribution in [0.15, 0.2) is 0 Å². The number of rotatable bonds is 5. The molecule has 0 saturated carbocycles. The quantitative estimate of drug-likeness (QED) is 0.671. The minimum atomic E-state index is -0.270. The van der Waals surface area contributed by atoms with Gasteiger partial charge in [0.1, 0.15) is 0 Å². The van der Waals surface area contributed by atoms with Crippen molar-refractivity contribution in [1.29, 1.82) is 0 Å². The summed E-state index contributed by atoms with van der Waals surface area (Å²) in [4.78, 5) is 12.2. The molecule has 0 bridgehead atoms. The summed E-state index contributed by atoms with van der Waals surface area (Å²) in [5, 5.41) is 15.2. The lowest BCUT2D eigenvalue weighted by Crippen LogP contribution is -2.50. The molecule has 1 atom stereocenters. The largest absolute Gasteiger partial charge is 0.396 e. The van der Waals surface area contributed by atoms with Crippen molar-refractivity contribution in [2.75, 3.05) is 26.2 Å². The summed E-state index contributed by atoms with van der Waals surface area (Å²) in [5.74, 6) is 0.135. The maximum atomic E-state index is 12.2. The molecule has 1 heterocycles. The van der Waals surface area contributed by atoms with Gasteiger partial charge < -0.3 is 15.7 Å². The average molecular weight is 242 g/mol. The normalized spacial score (nSPS) is 25.6.